The van der Waals surface area contributed by atoms with E-state index in [1.807, 2.05) is 6.07 Å². The molecule has 1 N–H and O–H groups in total. The first-order chi connectivity index (χ1) is 11.9. The largest absolute Gasteiger partial charge is 0.495 e. The Bertz CT molecular complexity index is 587. The van der Waals surface area contributed by atoms with Crippen LogP contribution in [0.5, 0.6) is 5.75 Å². The number of nitrogens with zero attached hydrogens (tertiary/aromatic N) is 1. The zero-order chi connectivity index (χ0) is 18.8. The lowest BCUT2D eigenvalue weighted by Gasteiger charge is -2.22. The molecule has 1 aliphatic rings. The van der Waals surface area contributed by atoms with E-state index in [2.05, 4.69) is 20.7 Å². The van der Waals surface area contributed by atoms with E-state index in [1.165, 1.54) is 26.7 Å². The molecule has 1 aromatic carbocycles. The first-order valence-electron chi connectivity index (χ1n) is 8.14. The maximum absolute atomic E-state index is 11.2. The number of methoxy groups -OCH3 is 2. The molecule has 0 aliphatic heterocycles. The second-order valence-corrected chi connectivity index (χ2v) is 6.54. The lowest BCUT2D eigenvalue weighted by molar-refractivity contribution is -0.385. The number of ether oxygens (including phenoxy) is 2. The van der Waals surface area contributed by atoms with Crippen LogP contribution < -0.4 is 4.74 Å². The Kier molecular flexibility index (Phi) is 9.44. The standard InChI is InChI=1S/C13H16BrNO3.C4H8O3/c1-18-13-8-12(15(16)17)10(7-11(13)14)9-5-3-2-4-6-9;1-7-4(6)2-3-5/h7-9H,2-6H2,1H3;5H,2-3H2,1H3. The molecule has 1 fully saturated rings. The van der Waals surface area contributed by atoms with Gasteiger partial charge in [-0.15, -0.1) is 0 Å². The van der Waals surface area contributed by atoms with Gasteiger partial charge in [0.15, 0.2) is 0 Å². The minimum absolute atomic E-state index is 0.0938. The molecular formula is C17H24BrNO6. The molecule has 0 bridgehead atoms. The number of carbonyl (C=O) groups is 1. The second kappa shape index (κ2) is 11.0. The van der Waals surface area contributed by atoms with Gasteiger partial charge in [-0.3, -0.25) is 14.9 Å². The molecule has 0 unspecified atom stereocenters. The van der Waals surface area contributed by atoms with Gasteiger partial charge >= 0.3 is 5.97 Å². The first kappa shape index (κ1) is 21.4. The van der Waals surface area contributed by atoms with Crippen LogP contribution in [-0.2, 0) is 9.53 Å². The third-order valence-electron chi connectivity index (χ3n) is 4.09. The highest BCUT2D eigenvalue weighted by atomic mass is 79.9. The van der Waals surface area contributed by atoms with Gasteiger partial charge in [-0.1, -0.05) is 19.3 Å². The van der Waals surface area contributed by atoms with Gasteiger partial charge in [-0.2, -0.15) is 0 Å². The van der Waals surface area contributed by atoms with Crippen LogP contribution in [0.15, 0.2) is 16.6 Å². The van der Waals surface area contributed by atoms with Crippen molar-refractivity contribution in [3.8, 4) is 5.75 Å². The summed E-state index contributed by atoms with van der Waals surface area (Å²) in [7, 11) is 2.81. The van der Waals surface area contributed by atoms with Crippen LogP contribution in [0.3, 0.4) is 0 Å². The highest BCUT2D eigenvalue weighted by molar-refractivity contribution is 9.10. The molecule has 7 nitrogen and oxygen atoms in total. The Morgan fingerprint density at radius 1 is 1.32 bits per heavy atom. The zero-order valence-corrected chi connectivity index (χ0v) is 16.1. The SMILES string of the molecule is COC(=O)CCO.COc1cc([N+](=O)[O-])c(C2CCCCC2)cc1Br. The fourth-order valence-corrected chi connectivity index (χ4v) is 3.33. The minimum Gasteiger partial charge on any atom is -0.495 e. The van der Waals surface area contributed by atoms with Crippen LogP contribution in [0.4, 0.5) is 5.69 Å². The molecular weight excluding hydrogens is 394 g/mol. The van der Waals surface area contributed by atoms with Crippen molar-refractivity contribution in [3.63, 3.8) is 0 Å². The van der Waals surface area contributed by atoms with Gasteiger partial charge < -0.3 is 14.6 Å². The molecule has 8 heteroatoms. The quantitative estimate of drug-likeness (QED) is 0.442. The number of hydrogen-bond donors (Lipinski definition) is 1. The molecule has 140 valence electrons. The van der Waals surface area contributed by atoms with Crippen molar-refractivity contribution in [1.29, 1.82) is 0 Å². The van der Waals surface area contributed by atoms with Crippen LogP contribution in [0.25, 0.3) is 0 Å². The molecule has 0 aromatic heterocycles. The van der Waals surface area contributed by atoms with Gasteiger partial charge in [0, 0.05) is 5.56 Å². The molecule has 1 saturated carbocycles. The van der Waals surface area contributed by atoms with Crippen LogP contribution in [-0.4, -0.2) is 36.8 Å². The molecule has 1 aromatic rings. The average Bonchev–Trinajstić information content (AvgIpc) is 2.62. The zero-order valence-electron chi connectivity index (χ0n) is 14.5. The number of esters is 1. The van der Waals surface area contributed by atoms with Gasteiger partial charge in [0.1, 0.15) is 5.75 Å². The summed E-state index contributed by atoms with van der Waals surface area (Å²) in [5.74, 6) is 0.449. The van der Waals surface area contributed by atoms with E-state index in [4.69, 9.17) is 9.84 Å². The van der Waals surface area contributed by atoms with Gasteiger partial charge in [-0.05, 0) is 40.8 Å². The van der Waals surface area contributed by atoms with Crippen molar-refractivity contribution in [2.75, 3.05) is 20.8 Å². The molecule has 2 rings (SSSR count). The fourth-order valence-electron chi connectivity index (χ4n) is 2.81. The molecule has 1 aliphatic carbocycles. The van der Waals surface area contributed by atoms with E-state index in [1.54, 1.807) is 0 Å². The van der Waals surface area contributed by atoms with Crippen molar-refractivity contribution < 1.29 is 24.3 Å². The summed E-state index contributed by atoms with van der Waals surface area (Å²) in [4.78, 5) is 20.9. The van der Waals surface area contributed by atoms with Gasteiger partial charge in [0.2, 0.25) is 0 Å². The Labute approximate surface area is 155 Å². The van der Waals surface area contributed by atoms with E-state index in [0.717, 1.165) is 35.7 Å². The highest BCUT2D eigenvalue weighted by Gasteiger charge is 2.25. The fraction of sp³-hybridized carbons (Fsp3) is 0.588. The van der Waals surface area contributed by atoms with Gasteiger partial charge in [-0.25, -0.2) is 0 Å². The summed E-state index contributed by atoms with van der Waals surface area (Å²) < 4.78 is 10.1. The normalized spacial score (nSPS) is 14.2. The second-order valence-electron chi connectivity index (χ2n) is 5.69. The maximum Gasteiger partial charge on any atom is 0.307 e. The predicted molar refractivity (Wildman–Crippen MR) is 96.9 cm³/mol. The maximum atomic E-state index is 11.2. The number of aliphatic hydroxyl groups is 1. The van der Waals surface area contributed by atoms with E-state index in [9.17, 15) is 14.9 Å². The monoisotopic (exact) mass is 417 g/mol. The van der Waals surface area contributed by atoms with E-state index < -0.39 is 0 Å². The van der Waals surface area contributed by atoms with Crippen LogP contribution in [0, 0.1) is 10.1 Å². The summed E-state index contributed by atoms with van der Waals surface area (Å²) in [5.41, 5.74) is 1.02. The summed E-state index contributed by atoms with van der Waals surface area (Å²) >= 11 is 3.41. The summed E-state index contributed by atoms with van der Waals surface area (Å²) in [6.07, 6.45) is 5.73. The molecule has 0 heterocycles. The van der Waals surface area contributed by atoms with Gasteiger partial charge in [0.05, 0.1) is 42.7 Å². The molecule has 25 heavy (non-hydrogen) atoms. The lowest BCUT2D eigenvalue weighted by atomic mass is 9.83. The van der Waals surface area contributed by atoms with Crippen molar-refractivity contribution in [2.45, 2.75) is 44.4 Å². The minimum atomic E-state index is -0.373. The number of aliphatic hydroxyl groups excluding tert-OH is 1. The third kappa shape index (κ3) is 6.62. The number of halogens is 1. The van der Waals surface area contributed by atoms with E-state index in [-0.39, 0.29) is 29.6 Å². The highest BCUT2D eigenvalue weighted by Crippen LogP contribution is 2.41. The Hall–Kier alpha value is -1.67. The predicted octanol–water partition coefficient (Wildman–Crippen LogP) is 3.96. The smallest absolute Gasteiger partial charge is 0.307 e. The average molecular weight is 418 g/mol. The van der Waals surface area contributed by atoms with Crippen LogP contribution >= 0.6 is 15.9 Å². The molecule has 0 spiro atoms. The molecule has 0 radical (unpaired) electrons. The van der Waals surface area contributed by atoms with Crippen LogP contribution in [0.1, 0.15) is 50.0 Å². The number of nitro groups is 1. The topological polar surface area (TPSA) is 98.9 Å². The van der Waals surface area contributed by atoms with E-state index >= 15 is 0 Å². The number of nitro benzene ring substituents is 1. The third-order valence-corrected chi connectivity index (χ3v) is 4.71. The van der Waals surface area contributed by atoms with Gasteiger partial charge in [0.25, 0.3) is 5.69 Å². The van der Waals surface area contributed by atoms with Crippen molar-refractivity contribution in [2.24, 2.45) is 0 Å². The Balaban J connectivity index is 0.000000381. The van der Waals surface area contributed by atoms with Crippen molar-refractivity contribution in [1.82, 2.24) is 0 Å². The number of benzene rings is 1. The summed E-state index contributed by atoms with van der Waals surface area (Å²) in [5, 5.41) is 19.2. The molecule has 0 amide bonds. The lowest BCUT2D eigenvalue weighted by Crippen LogP contribution is -2.07. The Morgan fingerprint density at radius 3 is 2.40 bits per heavy atom. The Morgan fingerprint density at radius 2 is 1.96 bits per heavy atom. The summed E-state index contributed by atoms with van der Waals surface area (Å²) in [6, 6.07) is 3.38. The first-order valence-corrected chi connectivity index (χ1v) is 8.93. The molecule has 0 atom stereocenters. The number of carbonyl (C=O) groups excluding carboxylic acids is 1. The number of hydrogen-bond acceptors (Lipinski definition) is 6. The summed E-state index contributed by atoms with van der Waals surface area (Å²) in [6.45, 7) is -0.132. The van der Waals surface area contributed by atoms with Crippen molar-refractivity contribution >= 4 is 27.6 Å². The number of rotatable bonds is 5. The molecule has 0 saturated heterocycles. The van der Waals surface area contributed by atoms with Crippen molar-refractivity contribution in [3.05, 3.63) is 32.3 Å². The van der Waals surface area contributed by atoms with E-state index in [0.29, 0.717) is 11.7 Å². The van der Waals surface area contributed by atoms with Crippen LogP contribution in [0.2, 0.25) is 0 Å².